The van der Waals surface area contributed by atoms with Gasteiger partial charge in [-0.3, -0.25) is 0 Å². The van der Waals surface area contributed by atoms with Gasteiger partial charge in [0.25, 0.3) is 0 Å². The number of hydrogen-bond donors (Lipinski definition) is 1. The second kappa shape index (κ2) is 10.9. The Bertz CT molecular complexity index is 858. The molecule has 31 heavy (non-hydrogen) atoms. The van der Waals surface area contributed by atoms with Gasteiger partial charge >= 0.3 is 12.1 Å². The summed E-state index contributed by atoms with van der Waals surface area (Å²) in [5.41, 5.74) is 1.99. The van der Waals surface area contributed by atoms with Gasteiger partial charge in [0.1, 0.15) is 12.4 Å². The lowest BCUT2D eigenvalue weighted by Crippen LogP contribution is -2.30. The third-order valence-electron chi connectivity index (χ3n) is 5.42. The molecule has 0 bridgehead atoms. The second-order valence-corrected chi connectivity index (χ2v) is 8.04. The van der Waals surface area contributed by atoms with Gasteiger partial charge in [-0.15, -0.1) is 0 Å². The van der Waals surface area contributed by atoms with Crippen LogP contribution in [0.25, 0.3) is 0 Å². The van der Waals surface area contributed by atoms with E-state index in [0.29, 0.717) is 18.0 Å². The van der Waals surface area contributed by atoms with Crippen LogP contribution >= 0.6 is 0 Å². The number of anilines is 2. The normalized spacial score (nSPS) is 18.4. The standard InChI is InChI=1S/C24H28FNO5/c1-17-5-2-9-21(11-17)26(22-10-4-8-20(25)13-22)24(29)31-15-19-7-3-6-18(12-19)14-30-16-23(27)28/h2,4-5,8-11,13,18-19H,3,6-7,12,14-16H2,1H3,(H,27,28). The molecule has 0 spiro atoms. The van der Waals surface area contributed by atoms with Crippen molar-refractivity contribution in [3.05, 3.63) is 59.9 Å². The fraction of sp³-hybridized carbons (Fsp3) is 0.417. The largest absolute Gasteiger partial charge is 0.480 e. The number of ether oxygens (including phenoxy) is 2. The molecule has 1 N–H and O–H groups in total. The number of halogens is 1. The number of carbonyl (C=O) groups is 2. The number of rotatable bonds is 8. The first-order valence-electron chi connectivity index (χ1n) is 10.5. The van der Waals surface area contributed by atoms with Crippen LogP contribution in [0.4, 0.5) is 20.6 Å². The highest BCUT2D eigenvalue weighted by Crippen LogP contribution is 2.31. The highest BCUT2D eigenvalue weighted by Gasteiger charge is 2.26. The molecule has 1 fully saturated rings. The van der Waals surface area contributed by atoms with E-state index in [1.807, 2.05) is 25.1 Å². The maximum absolute atomic E-state index is 13.8. The highest BCUT2D eigenvalue weighted by molar-refractivity contribution is 5.96. The van der Waals surface area contributed by atoms with Gasteiger partial charge in [0.15, 0.2) is 0 Å². The molecule has 1 aliphatic carbocycles. The van der Waals surface area contributed by atoms with Crippen molar-refractivity contribution in [2.45, 2.75) is 32.6 Å². The quantitative estimate of drug-likeness (QED) is 0.615. The molecule has 0 aliphatic heterocycles. The molecule has 0 saturated heterocycles. The van der Waals surface area contributed by atoms with E-state index in [1.54, 1.807) is 18.2 Å². The van der Waals surface area contributed by atoms with Crippen LogP contribution in [0.1, 0.15) is 31.2 Å². The second-order valence-electron chi connectivity index (χ2n) is 8.04. The zero-order valence-corrected chi connectivity index (χ0v) is 17.6. The van der Waals surface area contributed by atoms with Crippen molar-refractivity contribution in [2.75, 3.05) is 24.7 Å². The predicted molar refractivity (Wildman–Crippen MR) is 115 cm³/mol. The molecule has 0 aromatic heterocycles. The highest BCUT2D eigenvalue weighted by atomic mass is 19.1. The van der Waals surface area contributed by atoms with Crippen LogP contribution in [0.3, 0.4) is 0 Å². The van der Waals surface area contributed by atoms with E-state index in [4.69, 9.17) is 14.6 Å². The first-order chi connectivity index (χ1) is 14.9. The van der Waals surface area contributed by atoms with Gasteiger partial charge in [-0.05, 0) is 73.9 Å². The summed E-state index contributed by atoms with van der Waals surface area (Å²) in [6, 6.07) is 13.3. The summed E-state index contributed by atoms with van der Waals surface area (Å²) in [7, 11) is 0. The van der Waals surface area contributed by atoms with Crippen molar-refractivity contribution in [2.24, 2.45) is 11.8 Å². The van der Waals surface area contributed by atoms with Crippen LogP contribution in [-0.2, 0) is 14.3 Å². The van der Waals surface area contributed by atoms with Crippen LogP contribution in [-0.4, -0.2) is 37.0 Å². The van der Waals surface area contributed by atoms with Crippen molar-refractivity contribution in [3.8, 4) is 0 Å². The monoisotopic (exact) mass is 429 g/mol. The van der Waals surface area contributed by atoms with Gasteiger partial charge in [0, 0.05) is 0 Å². The first-order valence-corrected chi connectivity index (χ1v) is 10.5. The van der Waals surface area contributed by atoms with Gasteiger partial charge < -0.3 is 14.6 Å². The van der Waals surface area contributed by atoms with Gasteiger partial charge in [0.2, 0.25) is 0 Å². The Morgan fingerprint density at radius 2 is 1.74 bits per heavy atom. The predicted octanol–water partition coefficient (Wildman–Crippen LogP) is 5.32. The Kier molecular flexibility index (Phi) is 8.00. The summed E-state index contributed by atoms with van der Waals surface area (Å²) in [6.07, 6.45) is 3.16. The number of carbonyl (C=O) groups excluding carboxylic acids is 1. The van der Waals surface area contributed by atoms with Gasteiger partial charge in [-0.1, -0.05) is 24.6 Å². The smallest absolute Gasteiger partial charge is 0.418 e. The number of aryl methyl sites for hydroxylation is 1. The average Bonchev–Trinajstić information content (AvgIpc) is 2.73. The molecule has 166 valence electrons. The molecule has 1 saturated carbocycles. The van der Waals surface area contributed by atoms with Crippen LogP contribution in [0, 0.1) is 24.6 Å². The van der Waals surface area contributed by atoms with Crippen LogP contribution < -0.4 is 4.90 Å². The molecule has 6 nitrogen and oxygen atoms in total. The minimum atomic E-state index is -0.977. The number of aliphatic carboxylic acids is 1. The average molecular weight is 429 g/mol. The number of carboxylic acid groups (broad SMARTS) is 1. The van der Waals surface area contributed by atoms with Crippen LogP contribution in [0.15, 0.2) is 48.5 Å². The Morgan fingerprint density at radius 1 is 1.06 bits per heavy atom. The lowest BCUT2D eigenvalue weighted by Gasteiger charge is -2.29. The summed E-state index contributed by atoms with van der Waals surface area (Å²) in [5.74, 6) is -0.967. The van der Waals surface area contributed by atoms with E-state index < -0.39 is 17.9 Å². The van der Waals surface area contributed by atoms with E-state index >= 15 is 0 Å². The fourth-order valence-corrected chi connectivity index (χ4v) is 4.01. The van der Waals surface area contributed by atoms with Crippen molar-refractivity contribution in [1.29, 1.82) is 0 Å². The van der Waals surface area contributed by atoms with Crippen molar-refractivity contribution >= 4 is 23.4 Å². The Morgan fingerprint density at radius 3 is 2.42 bits per heavy atom. The summed E-state index contributed by atoms with van der Waals surface area (Å²) in [6.45, 7) is 2.28. The molecule has 2 aromatic rings. The lowest BCUT2D eigenvalue weighted by molar-refractivity contribution is -0.142. The molecule has 7 heteroatoms. The summed E-state index contributed by atoms with van der Waals surface area (Å²) < 4.78 is 24.7. The Balaban J connectivity index is 1.64. The number of nitrogens with zero attached hydrogens (tertiary/aromatic N) is 1. The number of amides is 1. The lowest BCUT2D eigenvalue weighted by atomic mass is 9.82. The molecule has 2 atom stereocenters. The Hall–Kier alpha value is -2.93. The first kappa shape index (κ1) is 22.7. The molecule has 2 aromatic carbocycles. The van der Waals surface area contributed by atoms with Crippen LogP contribution in [0.2, 0.25) is 0 Å². The fourth-order valence-electron chi connectivity index (χ4n) is 4.01. The zero-order valence-electron chi connectivity index (χ0n) is 17.6. The Labute approximate surface area is 181 Å². The summed E-state index contributed by atoms with van der Waals surface area (Å²) in [4.78, 5) is 25.0. The molecule has 2 unspecified atom stereocenters. The van der Waals surface area contributed by atoms with E-state index in [2.05, 4.69) is 0 Å². The van der Waals surface area contributed by atoms with E-state index in [0.717, 1.165) is 31.2 Å². The molecule has 3 rings (SSSR count). The third kappa shape index (κ3) is 6.79. The summed E-state index contributed by atoms with van der Waals surface area (Å²) in [5, 5.41) is 8.70. The minimum Gasteiger partial charge on any atom is -0.480 e. The molecule has 0 radical (unpaired) electrons. The van der Waals surface area contributed by atoms with Crippen molar-refractivity contribution in [3.63, 3.8) is 0 Å². The number of hydrogen-bond acceptors (Lipinski definition) is 4. The molecule has 0 heterocycles. The van der Waals surface area contributed by atoms with Crippen LogP contribution in [0.5, 0.6) is 0 Å². The molecule has 1 aliphatic rings. The van der Waals surface area contributed by atoms with Gasteiger partial charge in [0.05, 0.1) is 24.6 Å². The molecular weight excluding hydrogens is 401 g/mol. The minimum absolute atomic E-state index is 0.183. The maximum Gasteiger partial charge on any atom is 0.418 e. The van der Waals surface area contributed by atoms with Gasteiger partial charge in [-0.2, -0.15) is 0 Å². The van der Waals surface area contributed by atoms with Crippen molar-refractivity contribution in [1.82, 2.24) is 0 Å². The summed E-state index contributed by atoms with van der Waals surface area (Å²) >= 11 is 0. The number of carboxylic acids is 1. The topological polar surface area (TPSA) is 76.1 Å². The SMILES string of the molecule is Cc1cccc(N(C(=O)OCC2CCCC(COCC(=O)O)C2)c2cccc(F)c2)c1. The van der Waals surface area contributed by atoms with E-state index in [-0.39, 0.29) is 25.0 Å². The van der Waals surface area contributed by atoms with Crippen molar-refractivity contribution < 1.29 is 28.6 Å². The number of benzene rings is 2. The zero-order chi connectivity index (χ0) is 22.2. The van der Waals surface area contributed by atoms with E-state index in [1.165, 1.54) is 17.0 Å². The third-order valence-corrected chi connectivity index (χ3v) is 5.42. The molecule has 1 amide bonds. The van der Waals surface area contributed by atoms with E-state index in [9.17, 15) is 14.0 Å². The molecular formula is C24H28FNO5. The van der Waals surface area contributed by atoms with Gasteiger partial charge in [-0.25, -0.2) is 18.9 Å². The maximum atomic E-state index is 13.8.